The van der Waals surface area contributed by atoms with Crippen molar-refractivity contribution in [3.63, 3.8) is 0 Å². The van der Waals surface area contributed by atoms with Crippen molar-refractivity contribution < 1.29 is 9.69 Å². The number of quaternary nitrogens is 1. The van der Waals surface area contributed by atoms with E-state index in [1.165, 1.54) is 24.2 Å². The second-order valence-electron chi connectivity index (χ2n) is 6.34. The smallest absolute Gasteiger partial charge is 0.282 e. The van der Waals surface area contributed by atoms with Gasteiger partial charge in [0.1, 0.15) is 0 Å². The van der Waals surface area contributed by atoms with Crippen LogP contribution in [-0.2, 0) is 4.79 Å². The number of amides is 1. The number of para-hydroxylation sites is 1. The van der Waals surface area contributed by atoms with E-state index in [-0.39, 0.29) is 11.9 Å². The van der Waals surface area contributed by atoms with Crippen molar-refractivity contribution in [2.45, 2.75) is 32.2 Å². The zero-order chi connectivity index (χ0) is 16.1. The minimum Gasteiger partial charge on any atom is -0.325 e. The van der Waals surface area contributed by atoms with Gasteiger partial charge in [0.2, 0.25) is 0 Å². The molecule has 1 heterocycles. The van der Waals surface area contributed by atoms with Gasteiger partial charge in [-0.15, -0.1) is 0 Å². The zero-order valence-corrected chi connectivity index (χ0v) is 13.7. The second kappa shape index (κ2) is 7.42. The summed E-state index contributed by atoms with van der Waals surface area (Å²) < 4.78 is 0. The maximum absolute atomic E-state index is 12.7. The molecule has 1 amide bonds. The summed E-state index contributed by atoms with van der Waals surface area (Å²) in [5.41, 5.74) is 3.09. The molecule has 23 heavy (non-hydrogen) atoms. The molecule has 3 heteroatoms. The monoisotopic (exact) mass is 309 g/mol. The molecule has 1 saturated heterocycles. The van der Waals surface area contributed by atoms with Gasteiger partial charge < -0.3 is 10.2 Å². The topological polar surface area (TPSA) is 33.5 Å². The van der Waals surface area contributed by atoms with Crippen molar-refractivity contribution in [3.05, 3.63) is 54.6 Å². The fourth-order valence-corrected chi connectivity index (χ4v) is 3.33. The highest BCUT2D eigenvalue weighted by Gasteiger charge is 2.26. The lowest BCUT2D eigenvalue weighted by molar-refractivity contribution is -0.918. The molecule has 2 aromatic rings. The first-order valence-corrected chi connectivity index (χ1v) is 8.55. The molecule has 0 radical (unpaired) electrons. The number of rotatable bonds is 4. The number of hydrogen-bond acceptors (Lipinski definition) is 1. The van der Waals surface area contributed by atoms with Crippen LogP contribution in [0.1, 0.15) is 26.2 Å². The van der Waals surface area contributed by atoms with Gasteiger partial charge in [-0.1, -0.05) is 48.5 Å². The molecule has 0 aromatic heterocycles. The standard InChI is InChI=1S/C20H24N2O/c1-16(22-14-8-3-9-15-22)20(23)21-19-13-7-6-12-18(19)17-10-4-2-5-11-17/h2,4-7,10-13,16H,3,8-9,14-15H2,1H3,(H,21,23)/p+1/t16-/m1/s1. The van der Waals surface area contributed by atoms with Gasteiger partial charge >= 0.3 is 0 Å². The van der Waals surface area contributed by atoms with Gasteiger partial charge in [0.05, 0.1) is 13.1 Å². The van der Waals surface area contributed by atoms with Crippen molar-refractivity contribution in [3.8, 4) is 11.1 Å². The van der Waals surface area contributed by atoms with E-state index in [9.17, 15) is 4.79 Å². The molecule has 0 spiro atoms. The van der Waals surface area contributed by atoms with Crippen molar-refractivity contribution in [2.24, 2.45) is 0 Å². The van der Waals surface area contributed by atoms with E-state index in [1.54, 1.807) is 0 Å². The number of carbonyl (C=O) groups is 1. The predicted octanol–water partition coefficient (Wildman–Crippen LogP) is 2.75. The molecule has 1 aliphatic rings. The molecular weight excluding hydrogens is 284 g/mol. The molecule has 0 unspecified atom stereocenters. The van der Waals surface area contributed by atoms with Gasteiger partial charge in [-0.05, 0) is 37.8 Å². The summed E-state index contributed by atoms with van der Waals surface area (Å²) in [6.07, 6.45) is 3.76. The predicted molar refractivity (Wildman–Crippen MR) is 94.5 cm³/mol. The van der Waals surface area contributed by atoms with E-state index in [2.05, 4.69) is 23.5 Å². The summed E-state index contributed by atoms with van der Waals surface area (Å²) in [4.78, 5) is 14.1. The Morgan fingerprint density at radius 3 is 2.35 bits per heavy atom. The highest BCUT2D eigenvalue weighted by atomic mass is 16.2. The van der Waals surface area contributed by atoms with Crippen LogP contribution >= 0.6 is 0 Å². The summed E-state index contributed by atoms with van der Waals surface area (Å²) in [5.74, 6) is 0.116. The molecule has 2 aromatic carbocycles. The van der Waals surface area contributed by atoms with Crippen LogP contribution in [0.4, 0.5) is 5.69 Å². The highest BCUT2D eigenvalue weighted by molar-refractivity contribution is 5.97. The Morgan fingerprint density at radius 2 is 1.61 bits per heavy atom. The van der Waals surface area contributed by atoms with Crippen molar-refractivity contribution in [1.29, 1.82) is 0 Å². The Hall–Kier alpha value is -2.13. The molecule has 1 atom stereocenters. The van der Waals surface area contributed by atoms with Crippen LogP contribution in [0.3, 0.4) is 0 Å². The molecule has 1 fully saturated rings. The van der Waals surface area contributed by atoms with E-state index < -0.39 is 0 Å². The van der Waals surface area contributed by atoms with E-state index >= 15 is 0 Å². The van der Waals surface area contributed by atoms with E-state index in [1.807, 2.05) is 43.3 Å². The number of nitrogens with one attached hydrogen (secondary N) is 2. The van der Waals surface area contributed by atoms with Crippen LogP contribution in [0, 0.1) is 0 Å². The molecular formula is C20H25N2O+. The number of carbonyl (C=O) groups excluding carboxylic acids is 1. The third kappa shape index (κ3) is 3.80. The number of hydrogen-bond donors (Lipinski definition) is 2. The Labute approximate surface area is 138 Å². The molecule has 3 rings (SSSR count). The van der Waals surface area contributed by atoms with E-state index in [0.29, 0.717) is 0 Å². The number of likely N-dealkylation sites (tertiary alicyclic amines) is 1. The van der Waals surface area contributed by atoms with Gasteiger partial charge in [0, 0.05) is 11.3 Å². The van der Waals surface area contributed by atoms with Crippen LogP contribution < -0.4 is 10.2 Å². The third-order valence-corrected chi connectivity index (χ3v) is 4.77. The van der Waals surface area contributed by atoms with Gasteiger partial charge in [-0.2, -0.15) is 0 Å². The van der Waals surface area contributed by atoms with Gasteiger partial charge in [-0.3, -0.25) is 4.79 Å². The molecule has 2 N–H and O–H groups in total. The van der Waals surface area contributed by atoms with Crippen LogP contribution in [0.15, 0.2) is 54.6 Å². The van der Waals surface area contributed by atoms with Crippen LogP contribution in [0.25, 0.3) is 11.1 Å². The zero-order valence-electron chi connectivity index (χ0n) is 13.7. The second-order valence-corrected chi connectivity index (χ2v) is 6.34. The molecule has 0 aliphatic carbocycles. The Balaban J connectivity index is 1.76. The lowest BCUT2D eigenvalue weighted by Gasteiger charge is -2.28. The first-order valence-electron chi connectivity index (χ1n) is 8.55. The summed E-state index contributed by atoms with van der Waals surface area (Å²) in [7, 11) is 0. The average Bonchev–Trinajstić information content (AvgIpc) is 2.63. The van der Waals surface area contributed by atoms with Crippen LogP contribution in [-0.4, -0.2) is 25.0 Å². The fraction of sp³-hybridized carbons (Fsp3) is 0.350. The van der Waals surface area contributed by atoms with Crippen molar-refractivity contribution in [1.82, 2.24) is 0 Å². The molecule has 3 nitrogen and oxygen atoms in total. The lowest BCUT2D eigenvalue weighted by Crippen LogP contribution is -3.17. The minimum atomic E-state index is -0.000806. The molecule has 0 bridgehead atoms. The summed E-state index contributed by atoms with van der Waals surface area (Å²) in [6, 6.07) is 18.2. The first kappa shape index (κ1) is 15.8. The van der Waals surface area contributed by atoms with Crippen molar-refractivity contribution >= 4 is 11.6 Å². The number of anilines is 1. The highest BCUT2D eigenvalue weighted by Crippen LogP contribution is 2.27. The maximum Gasteiger partial charge on any atom is 0.282 e. The third-order valence-electron chi connectivity index (χ3n) is 4.77. The number of piperidine rings is 1. The minimum absolute atomic E-state index is 0.000806. The molecule has 120 valence electrons. The normalized spacial score (nSPS) is 16.7. The van der Waals surface area contributed by atoms with Crippen LogP contribution in [0.5, 0.6) is 0 Å². The Morgan fingerprint density at radius 1 is 0.957 bits per heavy atom. The molecule has 0 saturated carbocycles. The van der Waals surface area contributed by atoms with Crippen molar-refractivity contribution in [2.75, 3.05) is 18.4 Å². The Bertz CT molecular complexity index is 648. The summed E-state index contributed by atoms with van der Waals surface area (Å²) in [6.45, 7) is 4.25. The number of benzene rings is 2. The van der Waals surface area contributed by atoms with E-state index in [4.69, 9.17) is 0 Å². The Kier molecular flexibility index (Phi) is 5.09. The largest absolute Gasteiger partial charge is 0.325 e. The van der Waals surface area contributed by atoms with E-state index in [0.717, 1.165) is 29.9 Å². The fourth-order valence-electron chi connectivity index (χ4n) is 3.33. The van der Waals surface area contributed by atoms with Gasteiger partial charge in [-0.25, -0.2) is 0 Å². The van der Waals surface area contributed by atoms with Gasteiger partial charge in [0.15, 0.2) is 6.04 Å². The van der Waals surface area contributed by atoms with Gasteiger partial charge in [0.25, 0.3) is 5.91 Å². The summed E-state index contributed by atoms with van der Waals surface area (Å²) >= 11 is 0. The SMILES string of the molecule is C[C@H](C(=O)Nc1ccccc1-c1ccccc1)[NH+]1CCCCC1. The maximum atomic E-state index is 12.7. The summed E-state index contributed by atoms with van der Waals surface area (Å²) in [5, 5.41) is 3.15. The average molecular weight is 309 g/mol. The molecule has 1 aliphatic heterocycles. The first-order chi connectivity index (χ1) is 11.3. The quantitative estimate of drug-likeness (QED) is 0.894. The lowest BCUT2D eigenvalue weighted by atomic mass is 10.0. The van der Waals surface area contributed by atoms with Crippen LogP contribution in [0.2, 0.25) is 0 Å².